The highest BCUT2D eigenvalue weighted by Crippen LogP contribution is 1.85. The van der Waals surface area contributed by atoms with Gasteiger partial charge < -0.3 is 4.74 Å². The number of amides is 1. The molecule has 0 spiro atoms. The highest BCUT2D eigenvalue weighted by Gasteiger charge is 1.92. The molecule has 0 bridgehead atoms. The van der Waals surface area contributed by atoms with Crippen LogP contribution in [0, 0.1) is 0 Å². The third kappa shape index (κ3) is 7.29. The second-order valence-electron chi connectivity index (χ2n) is 2.31. The molecule has 0 saturated heterocycles. The molecular formula is C7H16N2O2. The Labute approximate surface area is 67.3 Å². The summed E-state index contributed by atoms with van der Waals surface area (Å²) in [5.41, 5.74) is 0. The SMILES string of the molecule is CCCOCCCN(N)C=O. The zero-order chi connectivity index (χ0) is 8.53. The van der Waals surface area contributed by atoms with Gasteiger partial charge >= 0.3 is 0 Å². The molecule has 66 valence electrons. The van der Waals surface area contributed by atoms with Crippen molar-refractivity contribution in [3.05, 3.63) is 0 Å². The first-order valence-corrected chi connectivity index (χ1v) is 3.85. The second kappa shape index (κ2) is 7.50. The molecule has 0 aromatic heterocycles. The van der Waals surface area contributed by atoms with Crippen molar-refractivity contribution >= 4 is 6.41 Å². The van der Waals surface area contributed by atoms with E-state index in [1.54, 1.807) is 0 Å². The van der Waals surface area contributed by atoms with Crippen LogP contribution in [-0.4, -0.2) is 31.2 Å². The van der Waals surface area contributed by atoms with Crippen LogP contribution in [0.5, 0.6) is 0 Å². The normalized spacial score (nSPS) is 9.64. The van der Waals surface area contributed by atoms with Crippen molar-refractivity contribution in [2.45, 2.75) is 19.8 Å². The molecule has 11 heavy (non-hydrogen) atoms. The molecule has 2 N–H and O–H groups in total. The van der Waals surface area contributed by atoms with Crippen LogP contribution in [0.1, 0.15) is 19.8 Å². The minimum absolute atomic E-state index is 0.563. The molecule has 0 fully saturated rings. The van der Waals surface area contributed by atoms with E-state index in [1.165, 1.54) is 0 Å². The van der Waals surface area contributed by atoms with Crippen LogP contribution < -0.4 is 5.84 Å². The summed E-state index contributed by atoms with van der Waals surface area (Å²) in [7, 11) is 0. The van der Waals surface area contributed by atoms with E-state index >= 15 is 0 Å². The van der Waals surface area contributed by atoms with Crippen molar-refractivity contribution in [3.8, 4) is 0 Å². The number of hydrazine groups is 1. The number of carbonyl (C=O) groups is 1. The fraction of sp³-hybridized carbons (Fsp3) is 0.857. The lowest BCUT2D eigenvalue weighted by Crippen LogP contribution is -2.30. The Hall–Kier alpha value is -0.610. The maximum atomic E-state index is 9.98. The Balaban J connectivity index is 2.95. The predicted molar refractivity (Wildman–Crippen MR) is 42.7 cm³/mol. The van der Waals surface area contributed by atoms with Gasteiger partial charge in [0.2, 0.25) is 6.41 Å². The fourth-order valence-corrected chi connectivity index (χ4v) is 0.648. The van der Waals surface area contributed by atoms with Gasteiger partial charge in [0.1, 0.15) is 0 Å². The first kappa shape index (κ1) is 10.4. The van der Waals surface area contributed by atoms with E-state index < -0.39 is 0 Å². The van der Waals surface area contributed by atoms with Crippen LogP contribution in [0.3, 0.4) is 0 Å². The molecule has 4 nitrogen and oxygen atoms in total. The molecule has 0 aliphatic carbocycles. The molecule has 4 heteroatoms. The van der Waals surface area contributed by atoms with Crippen molar-refractivity contribution in [3.63, 3.8) is 0 Å². The van der Waals surface area contributed by atoms with Crippen molar-refractivity contribution in [2.24, 2.45) is 5.84 Å². The molecule has 0 aromatic rings. The predicted octanol–water partition coefficient (Wildman–Crippen LogP) is 0.135. The Morgan fingerprint density at radius 2 is 2.27 bits per heavy atom. The standard InChI is InChI=1S/C7H16N2O2/c1-2-5-11-6-3-4-9(8)7-10/h7H,2-6,8H2,1H3. The monoisotopic (exact) mass is 160 g/mol. The average Bonchev–Trinajstić information content (AvgIpc) is 2.04. The summed E-state index contributed by atoms with van der Waals surface area (Å²) in [6, 6.07) is 0. The van der Waals surface area contributed by atoms with Crippen LogP contribution in [0.25, 0.3) is 0 Å². The molecular weight excluding hydrogens is 144 g/mol. The number of nitrogens with zero attached hydrogens (tertiary/aromatic N) is 1. The highest BCUT2D eigenvalue weighted by atomic mass is 16.5. The average molecular weight is 160 g/mol. The Kier molecular flexibility index (Phi) is 7.08. The molecule has 0 heterocycles. The van der Waals surface area contributed by atoms with Gasteiger partial charge in [-0.1, -0.05) is 6.92 Å². The summed E-state index contributed by atoms with van der Waals surface area (Å²) in [5, 5.41) is 1.12. The van der Waals surface area contributed by atoms with Gasteiger partial charge in [0.15, 0.2) is 0 Å². The molecule has 0 rings (SSSR count). The Morgan fingerprint density at radius 3 is 2.82 bits per heavy atom. The zero-order valence-electron chi connectivity index (χ0n) is 6.95. The van der Waals surface area contributed by atoms with E-state index in [4.69, 9.17) is 10.6 Å². The van der Waals surface area contributed by atoms with E-state index in [0.717, 1.165) is 24.5 Å². The summed E-state index contributed by atoms with van der Waals surface area (Å²) >= 11 is 0. The molecule has 0 atom stereocenters. The van der Waals surface area contributed by atoms with E-state index in [2.05, 4.69) is 6.92 Å². The van der Waals surface area contributed by atoms with Crippen LogP contribution >= 0.6 is 0 Å². The number of rotatable bonds is 7. The number of ether oxygens (including phenoxy) is 1. The summed E-state index contributed by atoms with van der Waals surface area (Å²) in [6.45, 7) is 4.08. The van der Waals surface area contributed by atoms with Gasteiger partial charge in [-0.2, -0.15) is 0 Å². The van der Waals surface area contributed by atoms with Crippen molar-refractivity contribution in [2.75, 3.05) is 19.8 Å². The molecule has 0 radical (unpaired) electrons. The Bertz CT molecular complexity index is 98.4. The van der Waals surface area contributed by atoms with Crippen LogP contribution in [0.2, 0.25) is 0 Å². The fourth-order valence-electron chi connectivity index (χ4n) is 0.648. The number of carbonyl (C=O) groups excluding carboxylic acids is 1. The van der Waals surface area contributed by atoms with Crippen molar-refractivity contribution < 1.29 is 9.53 Å². The molecule has 0 aromatic carbocycles. The topological polar surface area (TPSA) is 55.6 Å². The lowest BCUT2D eigenvalue weighted by molar-refractivity contribution is -0.118. The molecule has 0 aliphatic heterocycles. The van der Waals surface area contributed by atoms with Gasteiger partial charge in [-0.05, 0) is 12.8 Å². The zero-order valence-corrected chi connectivity index (χ0v) is 6.95. The number of hydrogen-bond acceptors (Lipinski definition) is 3. The number of hydrogen-bond donors (Lipinski definition) is 1. The maximum Gasteiger partial charge on any atom is 0.223 e. The van der Waals surface area contributed by atoms with Gasteiger partial charge in [0.25, 0.3) is 0 Å². The van der Waals surface area contributed by atoms with E-state index in [0.29, 0.717) is 19.6 Å². The maximum absolute atomic E-state index is 9.98. The minimum atomic E-state index is 0.563. The first-order chi connectivity index (χ1) is 5.31. The van der Waals surface area contributed by atoms with Crippen LogP contribution in [0.4, 0.5) is 0 Å². The van der Waals surface area contributed by atoms with Crippen molar-refractivity contribution in [1.29, 1.82) is 0 Å². The van der Waals surface area contributed by atoms with Gasteiger partial charge in [-0.25, -0.2) is 5.84 Å². The summed E-state index contributed by atoms with van der Waals surface area (Å²) in [6.07, 6.45) is 2.44. The van der Waals surface area contributed by atoms with Gasteiger partial charge in [-0.15, -0.1) is 0 Å². The van der Waals surface area contributed by atoms with E-state index in [-0.39, 0.29) is 0 Å². The quantitative estimate of drug-likeness (QED) is 0.189. The van der Waals surface area contributed by atoms with Crippen LogP contribution in [-0.2, 0) is 9.53 Å². The molecule has 0 saturated carbocycles. The summed E-state index contributed by atoms with van der Waals surface area (Å²) in [4.78, 5) is 9.98. The lowest BCUT2D eigenvalue weighted by Gasteiger charge is -2.08. The largest absolute Gasteiger partial charge is 0.381 e. The van der Waals surface area contributed by atoms with Gasteiger partial charge in [0.05, 0.1) is 0 Å². The summed E-state index contributed by atoms with van der Waals surface area (Å²) < 4.78 is 5.18. The van der Waals surface area contributed by atoms with Crippen molar-refractivity contribution in [1.82, 2.24) is 5.01 Å². The van der Waals surface area contributed by atoms with Gasteiger partial charge in [-0.3, -0.25) is 9.80 Å². The molecule has 0 aliphatic rings. The minimum Gasteiger partial charge on any atom is -0.381 e. The van der Waals surface area contributed by atoms with E-state index in [1.807, 2.05) is 0 Å². The summed E-state index contributed by atoms with van der Waals surface area (Å²) in [5.74, 6) is 5.20. The highest BCUT2D eigenvalue weighted by molar-refractivity contribution is 5.45. The van der Waals surface area contributed by atoms with Gasteiger partial charge in [0, 0.05) is 19.8 Å². The molecule has 0 unspecified atom stereocenters. The third-order valence-corrected chi connectivity index (χ3v) is 1.19. The smallest absolute Gasteiger partial charge is 0.223 e. The second-order valence-corrected chi connectivity index (χ2v) is 2.31. The molecule has 1 amide bonds. The van der Waals surface area contributed by atoms with E-state index in [9.17, 15) is 4.79 Å². The number of nitrogens with two attached hydrogens (primary N) is 1. The third-order valence-electron chi connectivity index (χ3n) is 1.19. The lowest BCUT2D eigenvalue weighted by atomic mass is 10.4. The van der Waals surface area contributed by atoms with Crippen LogP contribution in [0.15, 0.2) is 0 Å². The first-order valence-electron chi connectivity index (χ1n) is 3.85. The Morgan fingerprint density at radius 1 is 1.55 bits per heavy atom.